The van der Waals surface area contributed by atoms with Crippen LogP contribution in [0.5, 0.6) is 0 Å². The molecule has 0 amide bonds. The van der Waals surface area contributed by atoms with Crippen LogP contribution >= 0.6 is 43.2 Å². The largest absolute Gasteiger partial charge is 0.392 e. The highest BCUT2D eigenvalue weighted by molar-refractivity contribution is 9.12. The maximum Gasteiger partial charge on any atom is 0.242 e. The Bertz CT molecular complexity index is 696. The zero-order chi connectivity index (χ0) is 14.8. The van der Waals surface area contributed by atoms with Crippen molar-refractivity contribution in [3.05, 3.63) is 49.0 Å². The summed E-state index contributed by atoms with van der Waals surface area (Å²) in [6.45, 7) is 0.176. The number of aliphatic hydroxyl groups excluding tert-OH is 1. The summed E-state index contributed by atoms with van der Waals surface area (Å²) in [4.78, 5) is 0.223. The number of hydrogen-bond donors (Lipinski definition) is 2. The van der Waals surface area contributed by atoms with Gasteiger partial charge in [-0.1, -0.05) is 24.3 Å². The second-order valence-corrected chi connectivity index (χ2v) is 9.47. The molecule has 4 nitrogen and oxygen atoms in total. The van der Waals surface area contributed by atoms with Gasteiger partial charge in [-0.2, -0.15) is 0 Å². The number of nitrogens with one attached hydrogen (secondary N) is 1. The smallest absolute Gasteiger partial charge is 0.242 e. The molecule has 2 N–H and O–H groups in total. The molecule has 1 aromatic heterocycles. The van der Waals surface area contributed by atoms with Gasteiger partial charge in [0.05, 0.1) is 14.2 Å². The van der Waals surface area contributed by atoms with E-state index >= 15 is 0 Å². The molecular weight excluding hydrogens is 430 g/mol. The molecule has 8 heteroatoms. The first-order valence-corrected chi connectivity index (χ1v) is 9.44. The minimum absolute atomic E-state index is 0.0259. The van der Waals surface area contributed by atoms with Gasteiger partial charge in [0.25, 0.3) is 0 Å². The number of benzene rings is 1. The lowest BCUT2D eigenvalue weighted by Crippen LogP contribution is -2.23. The summed E-state index contributed by atoms with van der Waals surface area (Å²) in [7, 11) is -3.55. The van der Waals surface area contributed by atoms with Crippen LogP contribution in [0.3, 0.4) is 0 Å². The number of hydrogen-bond acceptors (Lipinski definition) is 4. The van der Waals surface area contributed by atoms with Gasteiger partial charge in [0.1, 0.15) is 4.90 Å². The zero-order valence-corrected chi connectivity index (χ0v) is 14.9. The molecule has 0 bridgehead atoms. The summed E-state index contributed by atoms with van der Waals surface area (Å²) in [6.07, 6.45) is 0. The van der Waals surface area contributed by atoms with Gasteiger partial charge in [0.2, 0.25) is 10.0 Å². The van der Waals surface area contributed by atoms with Gasteiger partial charge >= 0.3 is 0 Å². The fourth-order valence-corrected chi connectivity index (χ4v) is 6.35. The lowest BCUT2D eigenvalue weighted by atomic mass is 10.1. The summed E-state index contributed by atoms with van der Waals surface area (Å²) >= 11 is 7.81. The molecule has 2 aromatic rings. The first-order chi connectivity index (χ1) is 9.42. The van der Waals surface area contributed by atoms with Gasteiger partial charge in [-0.15, -0.1) is 11.3 Å². The van der Waals surface area contributed by atoms with Crippen molar-refractivity contribution in [1.29, 1.82) is 0 Å². The summed E-state index contributed by atoms with van der Waals surface area (Å²) in [5.41, 5.74) is 1.62. The Labute approximate surface area is 138 Å². The van der Waals surface area contributed by atoms with Crippen LogP contribution in [0.4, 0.5) is 0 Å². The molecule has 0 fully saturated rings. The summed E-state index contributed by atoms with van der Waals surface area (Å²) in [5, 5.41) is 8.95. The second kappa shape index (κ2) is 6.67. The predicted octanol–water partition coefficient (Wildman–Crippen LogP) is 3.24. The van der Waals surface area contributed by atoms with Crippen molar-refractivity contribution in [1.82, 2.24) is 4.72 Å². The average molecular weight is 441 g/mol. The third-order valence-electron chi connectivity index (χ3n) is 2.59. The third-order valence-corrected chi connectivity index (χ3v) is 6.74. The van der Waals surface area contributed by atoms with Gasteiger partial charge in [-0.05, 0) is 49.1 Å². The molecule has 1 aromatic carbocycles. The quantitative estimate of drug-likeness (QED) is 0.749. The molecule has 2 rings (SSSR count). The van der Waals surface area contributed by atoms with Crippen molar-refractivity contribution in [2.45, 2.75) is 18.0 Å². The second-order valence-electron chi connectivity index (χ2n) is 3.99. The third kappa shape index (κ3) is 3.90. The van der Waals surface area contributed by atoms with E-state index in [4.69, 9.17) is 5.11 Å². The van der Waals surface area contributed by atoms with E-state index in [0.717, 1.165) is 14.9 Å². The van der Waals surface area contributed by atoms with Crippen molar-refractivity contribution >= 4 is 53.2 Å². The van der Waals surface area contributed by atoms with Crippen molar-refractivity contribution < 1.29 is 13.5 Å². The Morgan fingerprint density at radius 3 is 2.25 bits per heavy atom. The first-order valence-electron chi connectivity index (χ1n) is 5.55. The molecule has 1 heterocycles. The van der Waals surface area contributed by atoms with E-state index in [1.54, 1.807) is 30.3 Å². The highest BCUT2D eigenvalue weighted by Crippen LogP contribution is 2.34. The highest BCUT2D eigenvalue weighted by atomic mass is 79.9. The fraction of sp³-hybridized carbons (Fsp3) is 0.167. The molecule has 0 aliphatic carbocycles. The molecule has 0 saturated heterocycles. The van der Waals surface area contributed by atoms with Gasteiger partial charge in [-0.25, -0.2) is 13.1 Å². The van der Waals surface area contributed by atoms with Gasteiger partial charge in [0, 0.05) is 6.54 Å². The van der Waals surface area contributed by atoms with E-state index in [1.807, 2.05) is 0 Å². The van der Waals surface area contributed by atoms with E-state index in [1.165, 1.54) is 11.3 Å². The highest BCUT2D eigenvalue weighted by Gasteiger charge is 2.20. The van der Waals surface area contributed by atoms with Gasteiger partial charge in [-0.3, -0.25) is 0 Å². The monoisotopic (exact) mass is 439 g/mol. The maximum atomic E-state index is 12.2. The standard InChI is InChI=1S/C12H11Br2NO3S2/c13-11-5-10(12(14)19-11)20(17,18)15-6-8-1-3-9(7-16)4-2-8/h1-5,15-16H,6-7H2. The Morgan fingerprint density at radius 1 is 1.15 bits per heavy atom. The van der Waals surface area contributed by atoms with Crippen LogP contribution in [-0.2, 0) is 23.2 Å². The topological polar surface area (TPSA) is 66.4 Å². The van der Waals surface area contributed by atoms with Crippen molar-refractivity contribution in [2.75, 3.05) is 0 Å². The normalized spacial score (nSPS) is 11.8. The molecular formula is C12H11Br2NO3S2. The maximum absolute atomic E-state index is 12.2. The molecule has 0 saturated carbocycles. The molecule has 20 heavy (non-hydrogen) atoms. The SMILES string of the molecule is O=S(=O)(NCc1ccc(CO)cc1)c1cc(Br)sc1Br. The van der Waals surface area contributed by atoms with E-state index in [2.05, 4.69) is 36.6 Å². The fourth-order valence-electron chi connectivity index (χ4n) is 1.53. The number of sulfonamides is 1. The number of thiophene rings is 1. The van der Waals surface area contributed by atoms with Crippen LogP contribution in [0, 0.1) is 0 Å². The number of rotatable bonds is 5. The van der Waals surface area contributed by atoms with E-state index in [9.17, 15) is 8.42 Å². The van der Waals surface area contributed by atoms with E-state index < -0.39 is 10.0 Å². The Hall–Kier alpha value is -0.250. The minimum Gasteiger partial charge on any atom is -0.392 e. The lowest BCUT2D eigenvalue weighted by molar-refractivity contribution is 0.282. The van der Waals surface area contributed by atoms with Crippen LogP contribution < -0.4 is 4.72 Å². The summed E-state index contributed by atoms with van der Waals surface area (Å²) in [5.74, 6) is 0. The molecule has 0 aliphatic heterocycles. The van der Waals surface area contributed by atoms with Crippen molar-refractivity contribution in [3.63, 3.8) is 0 Å². The first kappa shape index (κ1) is 16.1. The minimum atomic E-state index is -3.55. The lowest BCUT2D eigenvalue weighted by Gasteiger charge is -2.06. The van der Waals surface area contributed by atoms with E-state index in [-0.39, 0.29) is 18.0 Å². The summed E-state index contributed by atoms with van der Waals surface area (Å²) in [6, 6.07) is 8.66. The van der Waals surface area contributed by atoms with Crippen molar-refractivity contribution in [2.24, 2.45) is 0 Å². The van der Waals surface area contributed by atoms with Crippen LogP contribution in [0.1, 0.15) is 11.1 Å². The van der Waals surface area contributed by atoms with E-state index in [0.29, 0.717) is 3.79 Å². The molecule has 0 atom stereocenters. The molecule has 0 spiro atoms. The van der Waals surface area contributed by atoms with Crippen LogP contribution in [0.25, 0.3) is 0 Å². The van der Waals surface area contributed by atoms with Gasteiger partial charge < -0.3 is 5.11 Å². The zero-order valence-electron chi connectivity index (χ0n) is 10.1. The van der Waals surface area contributed by atoms with Crippen LogP contribution in [0.15, 0.2) is 42.8 Å². The summed E-state index contributed by atoms with van der Waals surface area (Å²) < 4.78 is 28.2. The van der Waals surface area contributed by atoms with Crippen LogP contribution in [-0.4, -0.2) is 13.5 Å². The molecule has 0 aliphatic rings. The van der Waals surface area contributed by atoms with Crippen molar-refractivity contribution in [3.8, 4) is 0 Å². The van der Waals surface area contributed by atoms with Gasteiger partial charge in [0.15, 0.2) is 0 Å². The average Bonchev–Trinajstić information content (AvgIpc) is 2.77. The number of halogens is 2. The Morgan fingerprint density at radius 2 is 1.75 bits per heavy atom. The van der Waals surface area contributed by atoms with Crippen LogP contribution in [0.2, 0.25) is 0 Å². The molecule has 108 valence electrons. The Balaban J connectivity index is 2.11. The molecule has 0 radical (unpaired) electrons. The predicted molar refractivity (Wildman–Crippen MR) is 86.1 cm³/mol. The molecule has 0 unspecified atom stereocenters. The Kier molecular flexibility index (Phi) is 5.38. The number of aliphatic hydroxyl groups is 1.